The monoisotopic (exact) mass is 396 g/mol. The van der Waals surface area contributed by atoms with E-state index in [1.165, 1.54) is 38.5 Å². The van der Waals surface area contributed by atoms with Gasteiger partial charge in [0.2, 0.25) is 0 Å². The third-order valence-electron chi connectivity index (χ3n) is 10.3. The Kier molecular flexibility index (Phi) is 5.67. The molecule has 0 bridgehead atoms. The van der Waals surface area contributed by atoms with Crippen LogP contribution in [-0.2, 0) is 4.79 Å². The van der Waals surface area contributed by atoms with E-state index in [-0.39, 0.29) is 0 Å². The SMILES string of the molecule is CC(C)C(C)/C=C/C(C)C1CCC2=C3CCC4CC(=O)CCC4(C)C3CCC21C. The summed E-state index contributed by atoms with van der Waals surface area (Å²) in [5.74, 6) is 4.83. The van der Waals surface area contributed by atoms with Gasteiger partial charge in [0.05, 0.1) is 0 Å². The van der Waals surface area contributed by atoms with Crippen molar-refractivity contribution >= 4 is 5.78 Å². The van der Waals surface area contributed by atoms with Crippen LogP contribution in [0.25, 0.3) is 0 Å². The lowest BCUT2D eigenvalue weighted by Gasteiger charge is -2.55. The van der Waals surface area contributed by atoms with E-state index in [1.54, 1.807) is 0 Å². The molecule has 0 aromatic heterocycles. The number of Topliss-reactive ketones (excluding diaryl/α,β-unsaturated/α-hetero) is 1. The van der Waals surface area contributed by atoms with E-state index in [1.807, 2.05) is 11.1 Å². The Labute approximate surface area is 179 Å². The van der Waals surface area contributed by atoms with Gasteiger partial charge in [0, 0.05) is 12.8 Å². The topological polar surface area (TPSA) is 17.1 Å². The number of carbonyl (C=O) groups excluding carboxylic acids is 1. The lowest BCUT2D eigenvalue weighted by molar-refractivity contribution is -0.127. The second kappa shape index (κ2) is 7.69. The molecule has 0 amide bonds. The summed E-state index contributed by atoms with van der Waals surface area (Å²) in [6, 6.07) is 0. The van der Waals surface area contributed by atoms with Crippen molar-refractivity contribution < 1.29 is 4.79 Å². The van der Waals surface area contributed by atoms with Gasteiger partial charge in [-0.1, -0.05) is 64.8 Å². The highest BCUT2D eigenvalue weighted by Crippen LogP contribution is 2.65. The largest absolute Gasteiger partial charge is 0.300 e. The van der Waals surface area contributed by atoms with Crippen LogP contribution in [0.2, 0.25) is 0 Å². The maximum atomic E-state index is 12.1. The normalized spacial score (nSPS) is 42.0. The lowest BCUT2D eigenvalue weighted by Crippen LogP contribution is -2.47. The highest BCUT2D eigenvalue weighted by molar-refractivity contribution is 5.79. The molecule has 1 heteroatoms. The molecule has 0 radical (unpaired) electrons. The molecule has 0 aromatic rings. The van der Waals surface area contributed by atoms with Gasteiger partial charge in [-0.2, -0.15) is 0 Å². The average Bonchev–Trinajstić information content (AvgIpc) is 3.03. The minimum absolute atomic E-state index is 0.395. The molecule has 162 valence electrons. The Morgan fingerprint density at radius 2 is 1.69 bits per heavy atom. The maximum absolute atomic E-state index is 12.1. The Morgan fingerprint density at radius 3 is 2.41 bits per heavy atom. The molecule has 3 fully saturated rings. The van der Waals surface area contributed by atoms with Crippen molar-refractivity contribution in [3.05, 3.63) is 23.3 Å². The van der Waals surface area contributed by atoms with Crippen LogP contribution >= 0.6 is 0 Å². The number of ketones is 1. The standard InChI is InChI=1S/C28H44O/c1-18(2)19(3)7-8-20(4)24-11-12-25-23-10-9-21-17-22(29)13-15-27(21,5)26(23)14-16-28(24,25)6/h7-8,18-21,24,26H,9-17H2,1-6H3/b8-7+. The number of hydrogen-bond acceptors (Lipinski definition) is 1. The van der Waals surface area contributed by atoms with Gasteiger partial charge in [0.25, 0.3) is 0 Å². The van der Waals surface area contributed by atoms with Crippen LogP contribution in [-0.4, -0.2) is 5.78 Å². The van der Waals surface area contributed by atoms with E-state index in [4.69, 9.17) is 0 Å². The Morgan fingerprint density at radius 1 is 0.931 bits per heavy atom. The molecule has 0 heterocycles. The summed E-state index contributed by atoms with van der Waals surface area (Å²) in [6.45, 7) is 14.6. The third kappa shape index (κ3) is 3.49. The third-order valence-corrected chi connectivity index (χ3v) is 10.3. The number of carbonyl (C=O) groups is 1. The molecule has 0 spiro atoms. The van der Waals surface area contributed by atoms with Crippen molar-refractivity contribution in [3.8, 4) is 0 Å². The molecule has 29 heavy (non-hydrogen) atoms. The highest BCUT2D eigenvalue weighted by Gasteiger charge is 2.55. The van der Waals surface area contributed by atoms with Gasteiger partial charge in [-0.25, -0.2) is 0 Å². The molecular weight excluding hydrogens is 352 g/mol. The van der Waals surface area contributed by atoms with Gasteiger partial charge in [-0.3, -0.25) is 4.79 Å². The fourth-order valence-electron chi connectivity index (χ4n) is 7.87. The quantitative estimate of drug-likeness (QED) is 0.444. The van der Waals surface area contributed by atoms with Crippen LogP contribution < -0.4 is 0 Å². The Hall–Kier alpha value is -0.850. The number of hydrogen-bond donors (Lipinski definition) is 0. The molecule has 4 aliphatic rings. The van der Waals surface area contributed by atoms with Gasteiger partial charge in [-0.15, -0.1) is 0 Å². The fourth-order valence-corrected chi connectivity index (χ4v) is 7.87. The molecule has 0 saturated heterocycles. The first-order valence-electron chi connectivity index (χ1n) is 12.6. The van der Waals surface area contributed by atoms with Gasteiger partial charge < -0.3 is 0 Å². The van der Waals surface area contributed by atoms with Crippen LogP contribution in [0.1, 0.15) is 99.3 Å². The minimum atomic E-state index is 0.395. The summed E-state index contributed by atoms with van der Waals surface area (Å²) in [5, 5.41) is 0. The van der Waals surface area contributed by atoms with Crippen LogP contribution in [0, 0.1) is 46.3 Å². The van der Waals surface area contributed by atoms with Gasteiger partial charge in [-0.05, 0) is 91.3 Å². The second-order valence-electron chi connectivity index (χ2n) is 12.0. The fraction of sp³-hybridized carbons (Fsp3) is 0.821. The van der Waals surface area contributed by atoms with Crippen molar-refractivity contribution in [3.63, 3.8) is 0 Å². The zero-order valence-corrected chi connectivity index (χ0v) is 19.9. The van der Waals surface area contributed by atoms with Crippen molar-refractivity contribution in [2.45, 2.75) is 99.3 Å². The van der Waals surface area contributed by atoms with Crippen LogP contribution in [0.3, 0.4) is 0 Å². The van der Waals surface area contributed by atoms with E-state index in [0.29, 0.717) is 34.4 Å². The van der Waals surface area contributed by atoms with Gasteiger partial charge in [0.1, 0.15) is 5.78 Å². The summed E-state index contributed by atoms with van der Waals surface area (Å²) in [6.07, 6.45) is 15.9. The van der Waals surface area contributed by atoms with Crippen molar-refractivity contribution in [2.24, 2.45) is 46.3 Å². The number of fused-ring (bicyclic) bond motifs is 4. The van der Waals surface area contributed by atoms with Crippen molar-refractivity contribution in [2.75, 3.05) is 0 Å². The molecule has 0 aliphatic heterocycles. The maximum Gasteiger partial charge on any atom is 0.133 e. The van der Waals surface area contributed by atoms with Crippen molar-refractivity contribution in [1.29, 1.82) is 0 Å². The van der Waals surface area contributed by atoms with Gasteiger partial charge >= 0.3 is 0 Å². The predicted molar refractivity (Wildman–Crippen MR) is 123 cm³/mol. The zero-order chi connectivity index (χ0) is 21.0. The first kappa shape index (κ1) is 21.4. The van der Waals surface area contributed by atoms with Crippen molar-refractivity contribution in [1.82, 2.24) is 0 Å². The molecule has 0 aromatic carbocycles. The summed E-state index contributed by atoms with van der Waals surface area (Å²) in [7, 11) is 0. The smallest absolute Gasteiger partial charge is 0.133 e. The summed E-state index contributed by atoms with van der Waals surface area (Å²) < 4.78 is 0. The van der Waals surface area contributed by atoms with Crippen LogP contribution in [0.4, 0.5) is 0 Å². The molecule has 0 N–H and O–H groups in total. The summed E-state index contributed by atoms with van der Waals surface area (Å²) in [4.78, 5) is 12.1. The lowest BCUT2D eigenvalue weighted by atomic mass is 9.49. The predicted octanol–water partition coefficient (Wildman–Crippen LogP) is 7.76. The molecule has 4 rings (SSSR count). The molecule has 7 unspecified atom stereocenters. The van der Waals surface area contributed by atoms with E-state index < -0.39 is 0 Å². The van der Waals surface area contributed by atoms with E-state index >= 15 is 0 Å². The van der Waals surface area contributed by atoms with Crippen LogP contribution in [0.15, 0.2) is 23.3 Å². The summed E-state index contributed by atoms with van der Waals surface area (Å²) in [5.41, 5.74) is 4.55. The van der Waals surface area contributed by atoms with E-state index in [2.05, 4.69) is 53.7 Å². The number of rotatable bonds is 4. The highest BCUT2D eigenvalue weighted by atomic mass is 16.1. The molecule has 1 nitrogen and oxygen atoms in total. The van der Waals surface area contributed by atoms with E-state index in [0.717, 1.165) is 37.0 Å². The Bertz CT molecular complexity index is 712. The summed E-state index contributed by atoms with van der Waals surface area (Å²) >= 11 is 0. The first-order chi connectivity index (χ1) is 13.7. The Balaban J connectivity index is 1.58. The molecule has 4 aliphatic carbocycles. The second-order valence-corrected chi connectivity index (χ2v) is 12.0. The van der Waals surface area contributed by atoms with Gasteiger partial charge in [0.15, 0.2) is 0 Å². The molecule has 3 saturated carbocycles. The zero-order valence-electron chi connectivity index (χ0n) is 19.9. The molecule has 7 atom stereocenters. The molecular formula is C28H44O. The average molecular weight is 397 g/mol. The first-order valence-corrected chi connectivity index (χ1v) is 12.6. The number of allylic oxidation sites excluding steroid dienone is 4. The van der Waals surface area contributed by atoms with Crippen LogP contribution in [0.5, 0.6) is 0 Å². The van der Waals surface area contributed by atoms with E-state index in [9.17, 15) is 4.79 Å². The minimum Gasteiger partial charge on any atom is -0.300 e.